The molecule has 4 rings (SSSR count). The van der Waals surface area contributed by atoms with Crippen molar-refractivity contribution >= 4 is 23.6 Å². The van der Waals surface area contributed by atoms with Gasteiger partial charge in [0.15, 0.2) is 11.5 Å². The number of ether oxygens (including phenoxy) is 3. The van der Waals surface area contributed by atoms with Crippen LogP contribution in [0.5, 0.6) is 17.2 Å². The zero-order valence-electron chi connectivity index (χ0n) is 26.7. The van der Waals surface area contributed by atoms with Crippen molar-refractivity contribution in [1.82, 2.24) is 21.3 Å². The minimum absolute atomic E-state index is 0.0369. The molecule has 45 heavy (non-hydrogen) atoms. The van der Waals surface area contributed by atoms with Gasteiger partial charge in [-0.15, -0.1) is 0 Å². The van der Waals surface area contributed by atoms with Crippen molar-refractivity contribution in [1.29, 1.82) is 0 Å². The molecule has 2 aliphatic rings. The van der Waals surface area contributed by atoms with Gasteiger partial charge in [-0.3, -0.25) is 19.2 Å². The van der Waals surface area contributed by atoms with E-state index in [1.165, 1.54) is 0 Å². The lowest BCUT2D eigenvalue weighted by Gasteiger charge is -2.32. The fourth-order valence-corrected chi connectivity index (χ4v) is 5.83. The van der Waals surface area contributed by atoms with Crippen LogP contribution < -0.4 is 35.5 Å². The van der Waals surface area contributed by atoms with Crippen LogP contribution in [0.4, 0.5) is 0 Å². The number of aryl methyl sites for hydroxylation is 1. The maximum atomic E-state index is 13.6. The lowest BCUT2D eigenvalue weighted by atomic mass is 9.94. The van der Waals surface area contributed by atoms with Gasteiger partial charge in [-0.05, 0) is 67.9 Å². The summed E-state index contributed by atoms with van der Waals surface area (Å²) in [4.78, 5) is 53.7. The summed E-state index contributed by atoms with van der Waals surface area (Å²) in [5, 5.41) is 11.8. The second kappa shape index (κ2) is 15.6. The van der Waals surface area contributed by atoms with E-state index in [0.717, 1.165) is 18.4 Å². The van der Waals surface area contributed by atoms with E-state index >= 15 is 0 Å². The largest absolute Gasteiger partial charge is 0.493 e. The molecular formula is C34H46N4O7. The smallest absolute Gasteiger partial charge is 0.255 e. The summed E-state index contributed by atoms with van der Waals surface area (Å²) in [5.74, 6) is 0.240. The van der Waals surface area contributed by atoms with Gasteiger partial charge in [0.05, 0.1) is 25.8 Å². The Kier molecular flexibility index (Phi) is 11.7. The van der Waals surface area contributed by atoms with Crippen molar-refractivity contribution in [3.8, 4) is 17.2 Å². The zero-order valence-corrected chi connectivity index (χ0v) is 26.7. The first-order valence-electron chi connectivity index (χ1n) is 15.8. The van der Waals surface area contributed by atoms with Crippen molar-refractivity contribution < 1.29 is 33.4 Å². The summed E-state index contributed by atoms with van der Waals surface area (Å²) in [6, 6.07) is 11.2. The molecule has 1 aliphatic carbocycles. The van der Waals surface area contributed by atoms with Crippen molar-refractivity contribution in [2.45, 2.75) is 82.8 Å². The summed E-state index contributed by atoms with van der Waals surface area (Å²) >= 11 is 0. The van der Waals surface area contributed by atoms with E-state index in [0.29, 0.717) is 49.5 Å². The third kappa shape index (κ3) is 8.67. The first kappa shape index (κ1) is 33.6. The molecule has 0 radical (unpaired) electrons. The second-order valence-electron chi connectivity index (χ2n) is 12.1. The zero-order chi connectivity index (χ0) is 32.4. The number of hydrogen-bond acceptors (Lipinski definition) is 7. The number of rotatable bonds is 8. The highest BCUT2D eigenvalue weighted by molar-refractivity contribution is 6.00. The average Bonchev–Trinajstić information content (AvgIpc) is 3.51. The van der Waals surface area contributed by atoms with Crippen molar-refractivity contribution in [2.24, 2.45) is 5.92 Å². The Balaban J connectivity index is 1.49. The number of methoxy groups -OCH3 is 2. The van der Waals surface area contributed by atoms with Crippen molar-refractivity contribution in [3.63, 3.8) is 0 Å². The molecule has 0 aromatic heterocycles. The van der Waals surface area contributed by atoms with Gasteiger partial charge in [0, 0.05) is 13.0 Å². The molecule has 4 amide bonds. The molecule has 11 nitrogen and oxygen atoms in total. The van der Waals surface area contributed by atoms with Crippen LogP contribution in [-0.2, 0) is 20.8 Å². The maximum absolute atomic E-state index is 13.6. The SMILES string of the molecule is COc1ccc(CCCNC(=O)[C@@H]2CCC(=O)NC3(CCCC3)C(=O)N[C@@H](C(C)C)COc3ccccc3C(=O)N2)cc1OC. The van der Waals surface area contributed by atoms with Gasteiger partial charge >= 0.3 is 0 Å². The monoisotopic (exact) mass is 622 g/mol. The highest BCUT2D eigenvalue weighted by Crippen LogP contribution is 2.31. The van der Waals surface area contributed by atoms with Crippen LogP contribution in [0.1, 0.15) is 74.7 Å². The van der Waals surface area contributed by atoms with Crippen LogP contribution in [-0.4, -0.2) is 68.6 Å². The minimum atomic E-state index is -1.01. The van der Waals surface area contributed by atoms with E-state index in [9.17, 15) is 19.2 Å². The highest BCUT2D eigenvalue weighted by atomic mass is 16.5. The number of carbonyl (C=O) groups is 4. The first-order chi connectivity index (χ1) is 21.7. The van der Waals surface area contributed by atoms with Gasteiger partial charge in [0.2, 0.25) is 17.7 Å². The van der Waals surface area contributed by atoms with Crippen molar-refractivity contribution in [2.75, 3.05) is 27.4 Å². The average molecular weight is 623 g/mol. The number of benzene rings is 2. The molecule has 2 aromatic rings. The van der Waals surface area contributed by atoms with E-state index in [2.05, 4.69) is 21.3 Å². The van der Waals surface area contributed by atoms with E-state index < -0.39 is 17.5 Å². The van der Waals surface area contributed by atoms with Gasteiger partial charge < -0.3 is 35.5 Å². The summed E-state index contributed by atoms with van der Waals surface area (Å²) in [6.07, 6.45) is 4.10. The molecule has 0 unspecified atom stereocenters. The van der Waals surface area contributed by atoms with E-state index in [1.54, 1.807) is 38.5 Å². The van der Waals surface area contributed by atoms with E-state index in [-0.39, 0.29) is 54.7 Å². The molecule has 1 spiro atoms. The van der Waals surface area contributed by atoms with Crippen LogP contribution >= 0.6 is 0 Å². The lowest BCUT2D eigenvalue weighted by Crippen LogP contribution is -2.60. The summed E-state index contributed by atoms with van der Waals surface area (Å²) in [7, 11) is 3.17. The molecule has 0 saturated heterocycles. The van der Waals surface area contributed by atoms with E-state index in [1.807, 2.05) is 32.0 Å². The topological polar surface area (TPSA) is 144 Å². The summed E-state index contributed by atoms with van der Waals surface area (Å²) in [5.41, 5.74) is 0.291. The molecule has 2 aromatic carbocycles. The number of fused-ring (bicyclic) bond motifs is 1. The van der Waals surface area contributed by atoms with Gasteiger partial charge in [-0.25, -0.2) is 0 Å². The molecular weight excluding hydrogens is 576 g/mol. The predicted octanol–water partition coefficient (Wildman–Crippen LogP) is 3.29. The van der Waals surface area contributed by atoms with Crippen LogP contribution in [0.2, 0.25) is 0 Å². The Bertz CT molecular complexity index is 1360. The van der Waals surface area contributed by atoms with Crippen LogP contribution in [0.3, 0.4) is 0 Å². The Labute approximate surface area is 265 Å². The highest BCUT2D eigenvalue weighted by Gasteiger charge is 2.43. The standard InChI is InChI=1S/C34H46N4O7/c1-22(2)26-21-45-27-12-6-5-11-24(27)31(40)36-25(14-16-30(39)38-34(33(42)37-26)17-7-8-18-34)32(41)35-19-9-10-23-13-15-28(43-3)29(20-23)44-4/h5-6,11-13,15,20,22,25-26H,7-10,14,16-19,21H2,1-4H3,(H,35,41)(H,36,40)(H,37,42)(H,38,39)/t25-,26+/m0/s1. The summed E-state index contributed by atoms with van der Waals surface area (Å²) < 4.78 is 16.8. The van der Waals surface area contributed by atoms with Gasteiger partial charge in [0.25, 0.3) is 5.91 Å². The molecule has 244 valence electrons. The molecule has 4 N–H and O–H groups in total. The third-order valence-electron chi connectivity index (χ3n) is 8.61. The predicted molar refractivity (Wildman–Crippen MR) is 169 cm³/mol. The molecule has 2 atom stereocenters. The van der Waals surface area contributed by atoms with Crippen LogP contribution in [0.25, 0.3) is 0 Å². The van der Waals surface area contributed by atoms with Crippen molar-refractivity contribution in [3.05, 3.63) is 53.6 Å². The normalized spacial score (nSPS) is 20.5. The fourth-order valence-electron chi connectivity index (χ4n) is 5.83. The molecule has 1 fully saturated rings. The number of carbonyl (C=O) groups excluding carboxylic acids is 4. The molecule has 11 heteroatoms. The number of para-hydroxylation sites is 1. The molecule has 0 bridgehead atoms. The Hall–Kier alpha value is -4.28. The second-order valence-corrected chi connectivity index (χ2v) is 12.1. The van der Waals surface area contributed by atoms with Gasteiger partial charge in [-0.1, -0.05) is 44.9 Å². The maximum Gasteiger partial charge on any atom is 0.255 e. The first-order valence-corrected chi connectivity index (χ1v) is 15.8. The Morgan fingerprint density at radius 2 is 1.76 bits per heavy atom. The molecule has 1 aliphatic heterocycles. The fraction of sp³-hybridized carbons (Fsp3) is 0.529. The van der Waals surface area contributed by atoms with Gasteiger partial charge in [0.1, 0.15) is 23.9 Å². The van der Waals surface area contributed by atoms with Crippen LogP contribution in [0, 0.1) is 5.92 Å². The molecule has 1 heterocycles. The Morgan fingerprint density at radius 3 is 2.47 bits per heavy atom. The number of nitrogens with one attached hydrogen (secondary N) is 4. The lowest BCUT2D eigenvalue weighted by molar-refractivity contribution is -0.134. The third-order valence-corrected chi connectivity index (χ3v) is 8.61. The summed E-state index contributed by atoms with van der Waals surface area (Å²) in [6.45, 7) is 4.48. The minimum Gasteiger partial charge on any atom is -0.493 e. The number of amides is 4. The van der Waals surface area contributed by atoms with Gasteiger partial charge in [-0.2, -0.15) is 0 Å². The number of hydrogen-bond donors (Lipinski definition) is 4. The molecule has 1 saturated carbocycles. The van der Waals surface area contributed by atoms with Crippen LogP contribution in [0.15, 0.2) is 42.5 Å². The quantitative estimate of drug-likeness (QED) is 0.331. The Morgan fingerprint density at radius 1 is 1.02 bits per heavy atom. The van der Waals surface area contributed by atoms with E-state index in [4.69, 9.17) is 14.2 Å².